The van der Waals surface area contributed by atoms with E-state index < -0.39 is 0 Å². The highest BCUT2D eigenvalue weighted by Gasteiger charge is 2.03. The minimum atomic E-state index is 0.762. The van der Waals surface area contributed by atoms with Gasteiger partial charge in [-0.1, -0.05) is 28.5 Å². The molecule has 0 aliphatic heterocycles. The van der Waals surface area contributed by atoms with E-state index in [1.165, 1.54) is 6.42 Å². The topological polar surface area (TPSA) is 0 Å². The molecule has 0 saturated carbocycles. The molecule has 0 radical (unpaired) electrons. The Morgan fingerprint density at radius 2 is 2.22 bits per heavy atom. The lowest BCUT2D eigenvalue weighted by Crippen LogP contribution is -1.98. The molecular formula is C6H13ClS2. The van der Waals surface area contributed by atoms with Gasteiger partial charge in [-0.2, -0.15) is 0 Å². The summed E-state index contributed by atoms with van der Waals surface area (Å²) in [4.78, 5) is 0. The molecule has 0 rings (SSSR count). The number of hydrogen-bond donors (Lipinski definition) is 0. The molecule has 0 aliphatic rings. The maximum absolute atomic E-state index is 5.59. The van der Waals surface area contributed by atoms with Crippen molar-refractivity contribution in [2.75, 3.05) is 12.1 Å². The normalized spacial score (nSPS) is 13.7. The molecule has 0 saturated heterocycles. The molecule has 0 amide bonds. The number of hydrogen-bond acceptors (Lipinski definition) is 2. The van der Waals surface area contributed by atoms with Crippen molar-refractivity contribution in [1.82, 2.24) is 0 Å². The van der Waals surface area contributed by atoms with E-state index in [0.717, 1.165) is 17.6 Å². The molecule has 0 nitrogen and oxygen atoms in total. The molecule has 1 atom stereocenters. The van der Waals surface area contributed by atoms with Gasteiger partial charge in [0.15, 0.2) is 0 Å². The smallest absolute Gasteiger partial charge is 0.0234 e. The second-order valence-corrected chi connectivity index (χ2v) is 4.92. The van der Waals surface area contributed by atoms with Crippen LogP contribution in [0.1, 0.15) is 19.8 Å². The minimum absolute atomic E-state index is 0.762. The lowest BCUT2D eigenvalue weighted by Gasteiger charge is -2.08. The third-order valence-corrected chi connectivity index (χ3v) is 3.76. The predicted octanol–water partition coefficient (Wildman–Crippen LogP) is 3.41. The van der Waals surface area contributed by atoms with Crippen molar-refractivity contribution in [2.24, 2.45) is 0 Å². The average molecular weight is 185 g/mol. The highest BCUT2D eigenvalue weighted by Crippen LogP contribution is 2.28. The Hall–Kier alpha value is 0.990. The van der Waals surface area contributed by atoms with Gasteiger partial charge in [0, 0.05) is 11.1 Å². The molecule has 0 aromatic heterocycles. The van der Waals surface area contributed by atoms with Crippen LogP contribution in [-0.2, 0) is 0 Å². The fourth-order valence-corrected chi connectivity index (χ4v) is 3.11. The van der Waals surface area contributed by atoms with Crippen molar-refractivity contribution >= 4 is 33.2 Å². The molecule has 0 heterocycles. The van der Waals surface area contributed by atoms with Gasteiger partial charge in [-0.3, -0.25) is 0 Å². The summed E-state index contributed by atoms with van der Waals surface area (Å²) in [5, 5.41) is 0.762. The average Bonchev–Trinajstić information content (AvgIpc) is 1.88. The lowest BCUT2D eigenvalue weighted by atomic mass is 10.3. The molecule has 0 spiro atoms. The van der Waals surface area contributed by atoms with Gasteiger partial charge in [0.2, 0.25) is 0 Å². The van der Waals surface area contributed by atoms with Crippen molar-refractivity contribution in [3.63, 3.8) is 0 Å². The number of alkyl halides is 1. The number of rotatable bonds is 5. The minimum Gasteiger partial charge on any atom is -0.127 e. The molecule has 0 aromatic rings. The van der Waals surface area contributed by atoms with E-state index in [-0.39, 0.29) is 0 Å². The standard InChI is InChI=1S/C6H13ClS2/c1-3-6(4-5-7)9-8-2/h6H,3-5H2,1-2H3. The van der Waals surface area contributed by atoms with Crippen LogP contribution in [0.5, 0.6) is 0 Å². The van der Waals surface area contributed by atoms with Gasteiger partial charge >= 0.3 is 0 Å². The monoisotopic (exact) mass is 184 g/mol. The lowest BCUT2D eigenvalue weighted by molar-refractivity contribution is 0.801. The Balaban J connectivity index is 3.18. The first-order valence-electron chi connectivity index (χ1n) is 3.10. The van der Waals surface area contributed by atoms with E-state index in [1.807, 2.05) is 21.6 Å². The maximum atomic E-state index is 5.59. The zero-order valence-electron chi connectivity index (χ0n) is 5.89. The van der Waals surface area contributed by atoms with E-state index >= 15 is 0 Å². The summed E-state index contributed by atoms with van der Waals surface area (Å²) < 4.78 is 0. The Morgan fingerprint density at radius 3 is 2.56 bits per heavy atom. The van der Waals surface area contributed by atoms with Crippen molar-refractivity contribution in [1.29, 1.82) is 0 Å². The third kappa shape index (κ3) is 5.43. The molecule has 0 N–H and O–H groups in total. The van der Waals surface area contributed by atoms with Crippen molar-refractivity contribution in [3.05, 3.63) is 0 Å². The van der Waals surface area contributed by atoms with Crippen LogP contribution >= 0.6 is 33.2 Å². The second-order valence-electron chi connectivity index (χ2n) is 1.77. The van der Waals surface area contributed by atoms with Gasteiger partial charge in [0.1, 0.15) is 0 Å². The Labute approximate surface area is 70.5 Å². The quantitative estimate of drug-likeness (QED) is 0.475. The largest absolute Gasteiger partial charge is 0.127 e. The Morgan fingerprint density at radius 1 is 1.56 bits per heavy atom. The first-order valence-corrected chi connectivity index (χ1v) is 6.26. The van der Waals surface area contributed by atoms with Crippen LogP contribution in [0.3, 0.4) is 0 Å². The van der Waals surface area contributed by atoms with Gasteiger partial charge in [-0.15, -0.1) is 11.6 Å². The summed E-state index contributed by atoms with van der Waals surface area (Å²) in [5.41, 5.74) is 0. The van der Waals surface area contributed by atoms with E-state index in [1.54, 1.807) is 0 Å². The molecule has 1 unspecified atom stereocenters. The fraction of sp³-hybridized carbons (Fsp3) is 1.00. The first-order chi connectivity index (χ1) is 4.35. The van der Waals surface area contributed by atoms with Crippen molar-refractivity contribution in [2.45, 2.75) is 25.0 Å². The van der Waals surface area contributed by atoms with Gasteiger partial charge in [-0.05, 0) is 19.1 Å². The van der Waals surface area contributed by atoms with E-state index in [0.29, 0.717) is 0 Å². The van der Waals surface area contributed by atoms with Gasteiger partial charge in [0.25, 0.3) is 0 Å². The van der Waals surface area contributed by atoms with Crippen LogP contribution in [0.4, 0.5) is 0 Å². The molecule has 56 valence electrons. The predicted molar refractivity (Wildman–Crippen MR) is 50.5 cm³/mol. The Kier molecular flexibility index (Phi) is 7.88. The van der Waals surface area contributed by atoms with Crippen LogP contribution in [-0.4, -0.2) is 17.4 Å². The number of halogens is 1. The molecule has 3 heteroatoms. The highest BCUT2D eigenvalue weighted by atomic mass is 35.5. The molecule has 0 aliphatic carbocycles. The van der Waals surface area contributed by atoms with Gasteiger partial charge in [-0.25, -0.2) is 0 Å². The summed E-state index contributed by atoms with van der Waals surface area (Å²) in [6, 6.07) is 0. The van der Waals surface area contributed by atoms with Crippen LogP contribution in [0.2, 0.25) is 0 Å². The van der Waals surface area contributed by atoms with Crippen LogP contribution in [0.25, 0.3) is 0 Å². The Bertz CT molecular complexity index is 53.0. The van der Waals surface area contributed by atoms with Crippen molar-refractivity contribution < 1.29 is 0 Å². The third-order valence-electron chi connectivity index (χ3n) is 1.12. The SMILES string of the molecule is CCC(CCCl)SSC. The highest BCUT2D eigenvalue weighted by molar-refractivity contribution is 8.76. The summed E-state index contributed by atoms with van der Waals surface area (Å²) >= 11 is 5.59. The maximum Gasteiger partial charge on any atom is 0.0234 e. The van der Waals surface area contributed by atoms with Crippen LogP contribution < -0.4 is 0 Å². The second kappa shape index (κ2) is 7.10. The first kappa shape index (κ1) is 9.99. The zero-order valence-corrected chi connectivity index (χ0v) is 8.28. The van der Waals surface area contributed by atoms with Crippen molar-refractivity contribution in [3.8, 4) is 0 Å². The molecule has 0 fully saturated rings. The van der Waals surface area contributed by atoms with E-state index in [2.05, 4.69) is 13.2 Å². The van der Waals surface area contributed by atoms with Gasteiger partial charge in [0.05, 0.1) is 0 Å². The fourth-order valence-electron chi connectivity index (χ4n) is 0.578. The molecule has 0 aromatic carbocycles. The van der Waals surface area contributed by atoms with E-state index in [4.69, 9.17) is 11.6 Å². The molecular weight excluding hydrogens is 172 g/mol. The van der Waals surface area contributed by atoms with Crippen LogP contribution in [0.15, 0.2) is 0 Å². The van der Waals surface area contributed by atoms with Gasteiger partial charge < -0.3 is 0 Å². The summed E-state index contributed by atoms with van der Waals surface area (Å²) in [7, 11) is 3.77. The summed E-state index contributed by atoms with van der Waals surface area (Å²) in [6.45, 7) is 2.21. The zero-order chi connectivity index (χ0) is 7.11. The molecule has 9 heavy (non-hydrogen) atoms. The summed E-state index contributed by atoms with van der Waals surface area (Å²) in [5.74, 6) is 0.798. The van der Waals surface area contributed by atoms with E-state index in [9.17, 15) is 0 Å². The summed E-state index contributed by atoms with van der Waals surface area (Å²) in [6.07, 6.45) is 4.49. The van der Waals surface area contributed by atoms with Crippen LogP contribution in [0, 0.1) is 0 Å². The molecule has 0 bridgehead atoms.